The van der Waals surface area contributed by atoms with Crippen molar-refractivity contribution >= 4 is 41.8 Å². The third kappa shape index (κ3) is 7.26. The van der Waals surface area contributed by atoms with Crippen LogP contribution in [0.4, 0.5) is 0 Å². The van der Waals surface area contributed by atoms with Crippen molar-refractivity contribution in [2.45, 2.75) is 32.7 Å². The number of likely N-dealkylation sites (tertiary alicyclic amines) is 1. The van der Waals surface area contributed by atoms with Crippen molar-refractivity contribution < 1.29 is 9.59 Å². The minimum absolute atomic E-state index is 0. The highest BCUT2D eigenvalue weighted by molar-refractivity contribution is 14.0. The van der Waals surface area contributed by atoms with Gasteiger partial charge in [0, 0.05) is 52.4 Å². The van der Waals surface area contributed by atoms with Crippen LogP contribution in [0, 0.1) is 0 Å². The highest BCUT2D eigenvalue weighted by Gasteiger charge is 2.24. The number of halogens is 1. The summed E-state index contributed by atoms with van der Waals surface area (Å²) < 4.78 is 0. The highest BCUT2D eigenvalue weighted by atomic mass is 127. The Labute approximate surface area is 173 Å². The molecule has 0 unspecified atom stereocenters. The first-order valence-electron chi connectivity index (χ1n) is 9.24. The molecule has 2 aliphatic heterocycles. The number of nitrogens with zero attached hydrogens (tertiary/aromatic N) is 4. The Kier molecular flexibility index (Phi) is 10.2. The minimum atomic E-state index is -0.0361. The smallest absolute Gasteiger partial charge is 0.239 e. The molecule has 0 atom stereocenters. The molecule has 2 heterocycles. The van der Waals surface area contributed by atoms with E-state index in [0.717, 1.165) is 58.1 Å². The Balaban J connectivity index is 0.00000338. The molecule has 0 aromatic heterocycles. The second-order valence-electron chi connectivity index (χ2n) is 6.97. The number of aliphatic imine (C=N–C) groups is 1. The van der Waals surface area contributed by atoms with Crippen molar-refractivity contribution in [2.75, 3.05) is 59.4 Å². The summed E-state index contributed by atoms with van der Waals surface area (Å²) in [5, 5.41) is 5.97. The van der Waals surface area contributed by atoms with E-state index in [4.69, 9.17) is 0 Å². The first-order valence-corrected chi connectivity index (χ1v) is 9.24. The first-order chi connectivity index (χ1) is 12.0. The van der Waals surface area contributed by atoms with Crippen molar-refractivity contribution in [3.63, 3.8) is 0 Å². The van der Waals surface area contributed by atoms with Crippen LogP contribution in [-0.4, -0.2) is 97.9 Å². The maximum atomic E-state index is 12.2. The van der Waals surface area contributed by atoms with Gasteiger partial charge in [-0.1, -0.05) is 0 Å². The number of carbonyl (C=O) groups excluding carboxylic acids is 2. The first kappa shape index (κ1) is 22.9. The second kappa shape index (κ2) is 11.6. The third-order valence-electron chi connectivity index (χ3n) is 4.56. The molecule has 9 heteroatoms. The predicted molar refractivity (Wildman–Crippen MR) is 114 cm³/mol. The molecule has 0 aromatic carbocycles. The molecular formula is C17H33IN6O2. The maximum Gasteiger partial charge on any atom is 0.239 e. The third-order valence-corrected chi connectivity index (χ3v) is 4.56. The number of hydrogen-bond donors (Lipinski definition) is 2. The van der Waals surface area contributed by atoms with Crippen molar-refractivity contribution in [1.29, 1.82) is 0 Å². The van der Waals surface area contributed by atoms with E-state index < -0.39 is 0 Å². The number of rotatable bonds is 5. The van der Waals surface area contributed by atoms with Crippen molar-refractivity contribution in [3.8, 4) is 0 Å². The summed E-state index contributed by atoms with van der Waals surface area (Å²) in [5.74, 6) is 0.953. The predicted octanol–water partition coefficient (Wildman–Crippen LogP) is -0.0556. The fourth-order valence-corrected chi connectivity index (χ4v) is 3.24. The Hall–Kier alpha value is -1.10. The zero-order chi connectivity index (χ0) is 18.2. The lowest BCUT2D eigenvalue weighted by Gasteiger charge is -2.36. The van der Waals surface area contributed by atoms with Gasteiger partial charge in [0.25, 0.3) is 0 Å². The summed E-state index contributed by atoms with van der Waals surface area (Å²) in [6.07, 6.45) is 2.26. The van der Waals surface area contributed by atoms with Crippen LogP contribution in [-0.2, 0) is 9.59 Å². The molecule has 0 bridgehead atoms. The molecule has 8 nitrogen and oxygen atoms in total. The Morgan fingerprint density at radius 1 is 1.00 bits per heavy atom. The summed E-state index contributed by atoms with van der Waals surface area (Å²) in [7, 11) is 1.73. The van der Waals surface area contributed by atoms with Gasteiger partial charge in [0.05, 0.1) is 13.1 Å². The second-order valence-corrected chi connectivity index (χ2v) is 6.97. The van der Waals surface area contributed by atoms with E-state index in [1.165, 1.54) is 0 Å². The quantitative estimate of drug-likeness (QED) is 0.328. The van der Waals surface area contributed by atoms with Gasteiger partial charge < -0.3 is 20.4 Å². The van der Waals surface area contributed by atoms with Crippen LogP contribution in [0.25, 0.3) is 0 Å². The molecule has 0 radical (unpaired) electrons. The van der Waals surface area contributed by atoms with Gasteiger partial charge in [0.1, 0.15) is 0 Å². The van der Waals surface area contributed by atoms with Crippen LogP contribution >= 0.6 is 24.0 Å². The van der Waals surface area contributed by atoms with Crippen LogP contribution in [0.1, 0.15) is 26.7 Å². The van der Waals surface area contributed by atoms with Crippen LogP contribution in [0.5, 0.6) is 0 Å². The van der Waals surface area contributed by atoms with E-state index in [0.29, 0.717) is 6.54 Å². The van der Waals surface area contributed by atoms with Crippen LogP contribution in [0.15, 0.2) is 4.99 Å². The topological polar surface area (TPSA) is 80.3 Å². The molecule has 150 valence electrons. The number of carbonyl (C=O) groups is 2. The fraction of sp³-hybridized carbons (Fsp3) is 0.824. The molecular weight excluding hydrogens is 447 g/mol. The monoisotopic (exact) mass is 480 g/mol. The zero-order valence-electron chi connectivity index (χ0n) is 16.2. The standard InChI is InChI=1S/C17H32N6O2.HI/c1-14(2)20-15(24)12-19-17(18-3)23-10-8-21(9-11-23)13-16(25)22-6-4-5-7-22;/h14H,4-13H2,1-3H3,(H,18,19)(H,20,24);1H. The molecule has 2 rings (SSSR count). The molecule has 0 aliphatic carbocycles. The van der Waals surface area contributed by atoms with Crippen LogP contribution < -0.4 is 10.6 Å². The zero-order valence-corrected chi connectivity index (χ0v) is 18.5. The van der Waals surface area contributed by atoms with Crippen LogP contribution in [0.2, 0.25) is 0 Å². The van der Waals surface area contributed by atoms with E-state index in [-0.39, 0.29) is 48.4 Å². The molecule has 2 saturated heterocycles. The summed E-state index contributed by atoms with van der Waals surface area (Å²) in [6.45, 7) is 9.70. The Morgan fingerprint density at radius 2 is 1.62 bits per heavy atom. The van der Waals surface area contributed by atoms with E-state index in [9.17, 15) is 9.59 Å². The van der Waals surface area contributed by atoms with Crippen LogP contribution in [0.3, 0.4) is 0 Å². The Morgan fingerprint density at radius 3 is 2.15 bits per heavy atom. The van der Waals surface area contributed by atoms with E-state index in [1.807, 2.05) is 18.7 Å². The maximum absolute atomic E-state index is 12.2. The van der Waals surface area contributed by atoms with Gasteiger partial charge in [0.15, 0.2) is 5.96 Å². The largest absolute Gasteiger partial charge is 0.352 e. The highest BCUT2D eigenvalue weighted by Crippen LogP contribution is 2.09. The number of amides is 2. The van der Waals surface area contributed by atoms with Gasteiger partial charge in [-0.3, -0.25) is 19.5 Å². The number of guanidine groups is 1. The lowest BCUT2D eigenvalue weighted by atomic mass is 10.3. The molecule has 2 N–H and O–H groups in total. The lowest BCUT2D eigenvalue weighted by molar-refractivity contribution is -0.131. The molecule has 2 aliphatic rings. The summed E-state index contributed by atoms with van der Waals surface area (Å²) in [6, 6.07) is 0.132. The van der Waals surface area contributed by atoms with Crippen molar-refractivity contribution in [3.05, 3.63) is 0 Å². The summed E-state index contributed by atoms with van der Waals surface area (Å²) in [4.78, 5) is 34.6. The fourth-order valence-electron chi connectivity index (χ4n) is 3.24. The average molecular weight is 480 g/mol. The molecule has 0 spiro atoms. The van der Waals surface area contributed by atoms with Crippen molar-refractivity contribution in [2.24, 2.45) is 4.99 Å². The van der Waals surface area contributed by atoms with Gasteiger partial charge in [-0.25, -0.2) is 0 Å². The van der Waals surface area contributed by atoms with Gasteiger partial charge in [-0.05, 0) is 26.7 Å². The van der Waals surface area contributed by atoms with Gasteiger partial charge >= 0.3 is 0 Å². The van der Waals surface area contributed by atoms with E-state index in [1.54, 1.807) is 7.05 Å². The SMILES string of the molecule is CN=C(NCC(=O)NC(C)C)N1CCN(CC(=O)N2CCCC2)CC1.I. The number of hydrogen-bond acceptors (Lipinski definition) is 4. The molecule has 0 aromatic rings. The summed E-state index contributed by atoms with van der Waals surface area (Å²) >= 11 is 0. The molecule has 26 heavy (non-hydrogen) atoms. The van der Waals surface area contributed by atoms with Gasteiger partial charge in [-0.2, -0.15) is 0 Å². The lowest BCUT2D eigenvalue weighted by Crippen LogP contribution is -2.55. The number of nitrogens with one attached hydrogen (secondary N) is 2. The van der Waals surface area contributed by atoms with E-state index in [2.05, 4.69) is 25.4 Å². The summed E-state index contributed by atoms with van der Waals surface area (Å²) in [5.41, 5.74) is 0. The van der Waals surface area contributed by atoms with Gasteiger partial charge in [-0.15, -0.1) is 24.0 Å². The molecule has 2 amide bonds. The molecule has 2 fully saturated rings. The van der Waals surface area contributed by atoms with E-state index >= 15 is 0 Å². The van der Waals surface area contributed by atoms with Crippen molar-refractivity contribution in [1.82, 2.24) is 25.3 Å². The number of piperazine rings is 1. The normalized spacial score (nSPS) is 18.7. The minimum Gasteiger partial charge on any atom is -0.352 e. The molecule has 0 saturated carbocycles. The van der Waals surface area contributed by atoms with Gasteiger partial charge in [0.2, 0.25) is 11.8 Å². The Bertz CT molecular complexity index is 486. The average Bonchev–Trinajstić information content (AvgIpc) is 3.11.